The molecule has 7 heteroatoms. The molecule has 0 aromatic carbocycles. The van der Waals surface area contributed by atoms with E-state index in [0.717, 1.165) is 16.7 Å². The minimum absolute atomic E-state index is 0.199. The molecule has 0 N–H and O–H groups in total. The largest absolute Gasteiger partial charge is 0.464 e. The van der Waals surface area contributed by atoms with Gasteiger partial charge in [0.15, 0.2) is 0 Å². The van der Waals surface area contributed by atoms with E-state index < -0.39 is 23.2 Å². The third-order valence-corrected chi connectivity index (χ3v) is 3.70. The van der Waals surface area contributed by atoms with Gasteiger partial charge in [0, 0.05) is 12.4 Å². The molecule has 0 aliphatic carbocycles. The van der Waals surface area contributed by atoms with E-state index in [1.54, 1.807) is 37.5 Å². The number of pyridine rings is 1. The van der Waals surface area contributed by atoms with Crippen LogP contribution in [0.15, 0.2) is 29.4 Å². The second-order valence-electron chi connectivity index (χ2n) is 4.27. The number of rotatable bonds is 4. The molecule has 2 heterocycles. The lowest BCUT2D eigenvalue weighted by Crippen LogP contribution is -2.42. The number of imide groups is 1. The van der Waals surface area contributed by atoms with Crippen molar-refractivity contribution < 1.29 is 19.1 Å². The SMILES string of the molecule is CCOC(=O)[C@@H](C)N1C(=O)S/C(=C/c2cccnc2)C1=O. The monoisotopic (exact) mass is 306 g/mol. The molecule has 2 rings (SSSR count). The Morgan fingerprint density at radius 2 is 2.29 bits per heavy atom. The van der Waals surface area contributed by atoms with Gasteiger partial charge in [-0.3, -0.25) is 19.5 Å². The number of nitrogens with zero attached hydrogens (tertiary/aromatic N) is 2. The van der Waals surface area contributed by atoms with Crippen molar-refractivity contribution in [1.82, 2.24) is 9.88 Å². The van der Waals surface area contributed by atoms with Gasteiger partial charge in [0.05, 0.1) is 11.5 Å². The topological polar surface area (TPSA) is 76.6 Å². The summed E-state index contributed by atoms with van der Waals surface area (Å²) in [6, 6.07) is 2.57. The number of carbonyl (C=O) groups is 3. The molecule has 0 radical (unpaired) electrons. The van der Waals surface area contributed by atoms with Crippen molar-refractivity contribution in [3.63, 3.8) is 0 Å². The minimum Gasteiger partial charge on any atom is -0.464 e. The van der Waals surface area contributed by atoms with Crippen molar-refractivity contribution in [2.75, 3.05) is 6.61 Å². The summed E-state index contributed by atoms with van der Waals surface area (Å²) in [5.41, 5.74) is 0.715. The van der Waals surface area contributed by atoms with Crippen LogP contribution in [0.2, 0.25) is 0 Å². The molecule has 0 bridgehead atoms. The molecule has 1 aromatic heterocycles. The first-order valence-corrected chi connectivity index (χ1v) is 7.20. The molecule has 0 unspecified atom stereocenters. The Kier molecular flexibility index (Phi) is 4.74. The Morgan fingerprint density at radius 1 is 1.52 bits per heavy atom. The van der Waals surface area contributed by atoms with E-state index in [-0.39, 0.29) is 11.5 Å². The molecule has 21 heavy (non-hydrogen) atoms. The Bertz CT molecular complexity index is 600. The summed E-state index contributed by atoms with van der Waals surface area (Å²) in [4.78, 5) is 41.0. The number of amides is 2. The van der Waals surface area contributed by atoms with Gasteiger partial charge in [-0.2, -0.15) is 0 Å². The fourth-order valence-corrected chi connectivity index (χ4v) is 2.70. The van der Waals surface area contributed by atoms with E-state index in [9.17, 15) is 14.4 Å². The molecular weight excluding hydrogens is 292 g/mol. The van der Waals surface area contributed by atoms with Crippen molar-refractivity contribution >= 4 is 35.0 Å². The lowest BCUT2D eigenvalue weighted by atomic mass is 10.2. The third kappa shape index (κ3) is 3.30. The molecular formula is C14H14N2O4S. The van der Waals surface area contributed by atoms with E-state index in [4.69, 9.17) is 4.74 Å². The summed E-state index contributed by atoms with van der Waals surface area (Å²) in [6.07, 6.45) is 4.78. The Hall–Kier alpha value is -2.15. The zero-order chi connectivity index (χ0) is 15.4. The maximum atomic E-state index is 12.3. The Morgan fingerprint density at radius 3 is 2.90 bits per heavy atom. The molecule has 1 aromatic rings. The molecule has 6 nitrogen and oxygen atoms in total. The van der Waals surface area contributed by atoms with Crippen molar-refractivity contribution in [1.29, 1.82) is 0 Å². The standard InChI is InChI=1S/C14H14N2O4S/c1-3-20-13(18)9(2)16-12(17)11(21-14(16)19)7-10-5-4-6-15-8-10/h4-9H,3H2,1-2H3/b11-7+/t9-/m1/s1. The van der Waals surface area contributed by atoms with Gasteiger partial charge in [-0.25, -0.2) is 4.79 Å². The van der Waals surface area contributed by atoms with Crippen molar-refractivity contribution in [3.05, 3.63) is 35.0 Å². The molecule has 1 atom stereocenters. The van der Waals surface area contributed by atoms with Crippen LogP contribution in [-0.4, -0.2) is 39.6 Å². The van der Waals surface area contributed by atoms with Crippen LogP contribution in [-0.2, 0) is 14.3 Å². The first-order valence-electron chi connectivity index (χ1n) is 6.38. The zero-order valence-corrected chi connectivity index (χ0v) is 12.4. The van der Waals surface area contributed by atoms with Gasteiger partial charge in [-0.05, 0) is 43.3 Å². The second kappa shape index (κ2) is 6.53. The normalized spacial score (nSPS) is 18.2. The predicted molar refractivity (Wildman–Crippen MR) is 78.1 cm³/mol. The molecule has 2 amide bonds. The van der Waals surface area contributed by atoms with Crippen LogP contribution in [0.4, 0.5) is 4.79 Å². The number of thioether (sulfide) groups is 1. The highest BCUT2D eigenvalue weighted by Gasteiger charge is 2.41. The van der Waals surface area contributed by atoms with Crippen molar-refractivity contribution in [3.8, 4) is 0 Å². The van der Waals surface area contributed by atoms with Crippen LogP contribution in [0.25, 0.3) is 6.08 Å². The lowest BCUT2D eigenvalue weighted by Gasteiger charge is -2.19. The van der Waals surface area contributed by atoms with Crippen molar-refractivity contribution in [2.24, 2.45) is 0 Å². The Labute approximate surface area is 126 Å². The summed E-state index contributed by atoms with van der Waals surface area (Å²) >= 11 is 0.803. The first-order chi connectivity index (χ1) is 10.0. The molecule has 1 saturated heterocycles. The Balaban J connectivity index is 2.21. The van der Waals surface area contributed by atoms with E-state index in [1.807, 2.05) is 0 Å². The van der Waals surface area contributed by atoms with Gasteiger partial charge >= 0.3 is 5.97 Å². The molecule has 1 aliphatic rings. The quantitative estimate of drug-likeness (QED) is 0.626. The maximum absolute atomic E-state index is 12.3. The maximum Gasteiger partial charge on any atom is 0.329 e. The van der Waals surface area contributed by atoms with Crippen LogP contribution in [0, 0.1) is 0 Å². The lowest BCUT2D eigenvalue weighted by molar-refractivity contribution is -0.150. The summed E-state index contributed by atoms with van der Waals surface area (Å²) in [5.74, 6) is -1.09. The van der Waals surface area contributed by atoms with Gasteiger partial charge < -0.3 is 4.74 Å². The summed E-state index contributed by atoms with van der Waals surface area (Å²) in [5, 5.41) is -0.476. The van der Waals surface area contributed by atoms with E-state index in [1.165, 1.54) is 6.92 Å². The zero-order valence-electron chi connectivity index (χ0n) is 11.6. The van der Waals surface area contributed by atoms with Gasteiger partial charge in [-0.1, -0.05) is 6.07 Å². The number of carbonyl (C=O) groups excluding carboxylic acids is 3. The average Bonchev–Trinajstić information content (AvgIpc) is 2.74. The van der Waals surface area contributed by atoms with Crippen LogP contribution < -0.4 is 0 Å². The highest BCUT2D eigenvalue weighted by Crippen LogP contribution is 2.33. The van der Waals surface area contributed by atoms with Gasteiger partial charge in [0.25, 0.3) is 11.1 Å². The van der Waals surface area contributed by atoms with Crippen LogP contribution in [0.1, 0.15) is 19.4 Å². The smallest absolute Gasteiger partial charge is 0.329 e. The average molecular weight is 306 g/mol. The van der Waals surface area contributed by atoms with Crippen LogP contribution in [0.5, 0.6) is 0 Å². The van der Waals surface area contributed by atoms with Gasteiger partial charge in [0.2, 0.25) is 0 Å². The fourth-order valence-electron chi connectivity index (χ4n) is 1.79. The van der Waals surface area contributed by atoms with Crippen molar-refractivity contribution in [2.45, 2.75) is 19.9 Å². The highest BCUT2D eigenvalue weighted by molar-refractivity contribution is 8.18. The van der Waals surface area contributed by atoms with Gasteiger partial charge in [-0.15, -0.1) is 0 Å². The summed E-state index contributed by atoms with van der Waals surface area (Å²) < 4.78 is 4.84. The molecule has 110 valence electrons. The summed E-state index contributed by atoms with van der Waals surface area (Å²) in [6.45, 7) is 3.34. The number of ether oxygens (including phenoxy) is 1. The minimum atomic E-state index is -0.933. The number of hydrogen-bond donors (Lipinski definition) is 0. The second-order valence-corrected chi connectivity index (χ2v) is 5.26. The van der Waals surface area contributed by atoms with E-state index in [0.29, 0.717) is 5.56 Å². The van der Waals surface area contributed by atoms with Crippen LogP contribution in [0.3, 0.4) is 0 Å². The summed E-state index contributed by atoms with van der Waals surface area (Å²) in [7, 11) is 0. The van der Waals surface area contributed by atoms with E-state index in [2.05, 4.69) is 4.98 Å². The molecule has 1 fully saturated rings. The highest BCUT2D eigenvalue weighted by atomic mass is 32.2. The molecule has 0 spiro atoms. The van der Waals surface area contributed by atoms with E-state index >= 15 is 0 Å². The first kappa shape index (κ1) is 15.2. The number of esters is 1. The number of aromatic nitrogens is 1. The molecule has 0 saturated carbocycles. The third-order valence-electron chi connectivity index (χ3n) is 2.82. The number of hydrogen-bond acceptors (Lipinski definition) is 6. The fraction of sp³-hybridized carbons (Fsp3) is 0.286. The predicted octanol–water partition coefficient (Wildman–Crippen LogP) is 2.07. The van der Waals surface area contributed by atoms with Crippen LogP contribution >= 0.6 is 11.8 Å². The molecule has 1 aliphatic heterocycles. The van der Waals surface area contributed by atoms with Gasteiger partial charge in [0.1, 0.15) is 6.04 Å².